The van der Waals surface area contributed by atoms with Crippen molar-refractivity contribution in [2.45, 2.75) is 271 Å². The van der Waals surface area contributed by atoms with Gasteiger partial charge in [0.25, 0.3) is 0 Å². The molecule has 0 aromatic carbocycles. The highest BCUT2D eigenvalue weighted by Gasteiger charge is 2.23. The molecule has 0 radical (unpaired) electrons. The first-order valence-corrected chi connectivity index (χ1v) is 24.0. The maximum Gasteiger partial charge on any atom is 0.306 e. The molecule has 5 nitrogen and oxygen atoms in total. The zero-order chi connectivity index (χ0) is 39.0. The lowest BCUT2D eigenvalue weighted by molar-refractivity contribution is -0.150. The molecule has 0 aliphatic rings. The predicted molar refractivity (Wildman–Crippen MR) is 233 cm³/mol. The van der Waals surface area contributed by atoms with Crippen LogP contribution in [0.3, 0.4) is 0 Å². The number of ether oxygens (including phenoxy) is 1. The van der Waals surface area contributed by atoms with E-state index in [9.17, 15) is 9.59 Å². The molecule has 1 amide bonds. The van der Waals surface area contributed by atoms with E-state index in [2.05, 4.69) is 51.6 Å². The summed E-state index contributed by atoms with van der Waals surface area (Å²) in [5, 5.41) is 0. The highest BCUT2D eigenvalue weighted by molar-refractivity contribution is 5.76. The zero-order valence-corrected chi connectivity index (χ0v) is 37.1. The zero-order valence-electron chi connectivity index (χ0n) is 37.1. The van der Waals surface area contributed by atoms with Crippen LogP contribution < -0.4 is 0 Å². The normalized spacial score (nSPS) is 12.2. The first-order valence-electron chi connectivity index (χ1n) is 24.0. The third-order valence-corrected chi connectivity index (χ3v) is 11.4. The molecule has 0 fully saturated rings. The summed E-state index contributed by atoms with van der Waals surface area (Å²) >= 11 is 0. The van der Waals surface area contributed by atoms with Gasteiger partial charge < -0.3 is 14.5 Å². The third kappa shape index (κ3) is 35.1. The van der Waals surface area contributed by atoms with Crippen LogP contribution in [-0.2, 0) is 14.3 Å². The van der Waals surface area contributed by atoms with Gasteiger partial charge in [-0.3, -0.25) is 9.59 Å². The molecule has 0 heterocycles. The molecule has 0 saturated carbocycles. The van der Waals surface area contributed by atoms with Gasteiger partial charge in [0, 0.05) is 25.4 Å². The number of nitrogens with zero attached hydrogens (tertiary/aromatic N) is 2. The molecule has 0 rings (SSSR count). The third-order valence-electron chi connectivity index (χ3n) is 11.4. The van der Waals surface area contributed by atoms with E-state index in [0.29, 0.717) is 18.4 Å². The molecule has 0 aromatic rings. The summed E-state index contributed by atoms with van der Waals surface area (Å²) in [6, 6.07) is 0.410. The molecule has 0 N–H and O–H groups in total. The van der Waals surface area contributed by atoms with Crippen molar-refractivity contribution in [1.82, 2.24) is 9.80 Å². The van der Waals surface area contributed by atoms with Crippen LogP contribution in [0.4, 0.5) is 0 Å². The Hall–Kier alpha value is -1.10. The Balaban J connectivity index is 4.70. The molecule has 0 spiro atoms. The first-order chi connectivity index (χ1) is 25.9. The second-order valence-electron chi connectivity index (χ2n) is 17.0. The van der Waals surface area contributed by atoms with E-state index in [1.54, 1.807) is 0 Å². The summed E-state index contributed by atoms with van der Waals surface area (Å²) in [6.45, 7) is 11.0. The molecule has 0 saturated heterocycles. The number of esters is 1. The molecule has 0 bridgehead atoms. The van der Waals surface area contributed by atoms with Gasteiger partial charge in [-0.25, -0.2) is 0 Å². The fraction of sp³-hybridized carbons (Fsp3) is 0.958. The van der Waals surface area contributed by atoms with Crippen molar-refractivity contribution in [3.05, 3.63) is 0 Å². The van der Waals surface area contributed by atoms with Gasteiger partial charge in [0.2, 0.25) is 5.91 Å². The average Bonchev–Trinajstić information content (AvgIpc) is 3.14. The summed E-state index contributed by atoms with van der Waals surface area (Å²) in [4.78, 5) is 31.0. The number of unbranched alkanes of at least 4 members (excludes halogenated alkanes) is 24. The van der Waals surface area contributed by atoms with Gasteiger partial charge >= 0.3 is 5.97 Å². The van der Waals surface area contributed by atoms with E-state index in [0.717, 1.165) is 58.0 Å². The fourth-order valence-corrected chi connectivity index (χ4v) is 7.88. The maximum atomic E-state index is 13.7. The quantitative estimate of drug-likeness (QED) is 0.0461. The Labute approximate surface area is 333 Å². The molecule has 1 atom stereocenters. The van der Waals surface area contributed by atoms with Crippen LogP contribution in [0.25, 0.3) is 0 Å². The summed E-state index contributed by atoms with van der Waals surface area (Å²) in [5.74, 6) is 0.457. The van der Waals surface area contributed by atoms with Gasteiger partial charge in [0.15, 0.2) is 0 Å². The van der Waals surface area contributed by atoms with Gasteiger partial charge in [-0.1, -0.05) is 188 Å². The van der Waals surface area contributed by atoms with E-state index < -0.39 is 0 Å². The van der Waals surface area contributed by atoms with Crippen molar-refractivity contribution in [2.24, 2.45) is 0 Å². The molecule has 53 heavy (non-hydrogen) atoms. The Morgan fingerprint density at radius 1 is 0.415 bits per heavy atom. The predicted octanol–water partition coefficient (Wildman–Crippen LogP) is 14.8. The number of hydrogen-bond acceptors (Lipinski definition) is 4. The average molecular weight is 749 g/mol. The van der Waals surface area contributed by atoms with Gasteiger partial charge in [0.1, 0.15) is 6.10 Å². The lowest BCUT2D eigenvalue weighted by Gasteiger charge is -2.33. The minimum absolute atomic E-state index is 0.0354. The number of carbonyl (C=O) groups excluding carboxylic acids is 2. The Bertz CT molecular complexity index is 760. The molecule has 316 valence electrons. The van der Waals surface area contributed by atoms with Crippen LogP contribution in [0.15, 0.2) is 0 Å². The highest BCUT2D eigenvalue weighted by Crippen LogP contribution is 2.22. The van der Waals surface area contributed by atoms with Gasteiger partial charge in [0.05, 0.1) is 0 Å². The largest absolute Gasteiger partial charge is 0.462 e. The minimum Gasteiger partial charge on any atom is -0.462 e. The number of hydrogen-bond donors (Lipinski definition) is 0. The smallest absolute Gasteiger partial charge is 0.306 e. The molecular weight excluding hydrogens is 653 g/mol. The number of amides is 1. The van der Waals surface area contributed by atoms with E-state index in [1.165, 1.54) is 180 Å². The monoisotopic (exact) mass is 749 g/mol. The van der Waals surface area contributed by atoms with E-state index >= 15 is 0 Å². The van der Waals surface area contributed by atoms with Crippen molar-refractivity contribution >= 4 is 11.9 Å². The first kappa shape index (κ1) is 51.9. The summed E-state index contributed by atoms with van der Waals surface area (Å²) in [5.41, 5.74) is 0. The lowest BCUT2D eigenvalue weighted by Crippen LogP contribution is -2.41. The minimum atomic E-state index is 0.0354. The molecule has 0 aliphatic heterocycles. The maximum absolute atomic E-state index is 13.7. The SMILES string of the molecule is CCCCCCCCCC(CCCCCCCCCCC(=O)OC(CCCCCC)CCCCCC)N(CCCN(C)C)C(=O)CCCCCCCC. The van der Waals surface area contributed by atoms with Crippen LogP contribution in [0.5, 0.6) is 0 Å². The van der Waals surface area contributed by atoms with Crippen LogP contribution in [0.1, 0.15) is 259 Å². The van der Waals surface area contributed by atoms with E-state index in [4.69, 9.17) is 4.74 Å². The Morgan fingerprint density at radius 2 is 0.774 bits per heavy atom. The van der Waals surface area contributed by atoms with E-state index in [-0.39, 0.29) is 12.1 Å². The number of rotatable bonds is 42. The van der Waals surface area contributed by atoms with Crippen molar-refractivity contribution in [3.63, 3.8) is 0 Å². The number of carbonyl (C=O) groups is 2. The standard InChI is InChI=1S/C48H96N2O3/c1-7-11-15-19-23-26-30-37-45(50(44-36-43-49(5)6)47(51)41-34-28-20-16-12-8-2)38-31-27-24-21-22-25-29-35-42-48(52)53-46(39-32-17-13-9-3)40-33-18-14-10-4/h45-46H,7-44H2,1-6H3. The molecular formula is C48H96N2O3. The van der Waals surface area contributed by atoms with Crippen molar-refractivity contribution in [1.29, 1.82) is 0 Å². The fourth-order valence-electron chi connectivity index (χ4n) is 7.88. The topological polar surface area (TPSA) is 49.9 Å². The summed E-state index contributed by atoms with van der Waals surface area (Å²) in [6.07, 6.45) is 43.3. The highest BCUT2D eigenvalue weighted by atomic mass is 16.5. The van der Waals surface area contributed by atoms with E-state index in [1.807, 2.05) is 0 Å². The van der Waals surface area contributed by atoms with Crippen molar-refractivity contribution in [3.8, 4) is 0 Å². The van der Waals surface area contributed by atoms with Crippen molar-refractivity contribution in [2.75, 3.05) is 27.2 Å². The van der Waals surface area contributed by atoms with Crippen molar-refractivity contribution < 1.29 is 14.3 Å². The molecule has 1 unspecified atom stereocenters. The van der Waals surface area contributed by atoms with Crippen LogP contribution >= 0.6 is 0 Å². The second kappa shape index (κ2) is 40.6. The van der Waals surface area contributed by atoms with Crippen LogP contribution in [-0.4, -0.2) is 61.0 Å². The lowest BCUT2D eigenvalue weighted by atomic mass is 9.97. The second-order valence-corrected chi connectivity index (χ2v) is 17.0. The molecule has 0 aliphatic carbocycles. The van der Waals surface area contributed by atoms with Gasteiger partial charge in [-0.2, -0.15) is 0 Å². The molecule has 0 aromatic heterocycles. The summed E-state index contributed by atoms with van der Waals surface area (Å²) in [7, 11) is 4.30. The Morgan fingerprint density at radius 3 is 1.21 bits per heavy atom. The Kier molecular flexibility index (Phi) is 39.7. The summed E-state index contributed by atoms with van der Waals surface area (Å²) < 4.78 is 5.99. The van der Waals surface area contributed by atoms with Gasteiger partial charge in [-0.05, 0) is 78.4 Å². The van der Waals surface area contributed by atoms with Gasteiger partial charge in [-0.15, -0.1) is 0 Å². The molecule has 5 heteroatoms. The van der Waals surface area contributed by atoms with Crippen LogP contribution in [0, 0.1) is 0 Å². The van der Waals surface area contributed by atoms with Crippen LogP contribution in [0.2, 0.25) is 0 Å².